The number of benzene rings is 1. The molecule has 0 unspecified atom stereocenters. The quantitative estimate of drug-likeness (QED) is 0.626. The summed E-state index contributed by atoms with van der Waals surface area (Å²) in [4.78, 5) is 27.3. The summed E-state index contributed by atoms with van der Waals surface area (Å²) in [6, 6.07) is 8.89. The zero-order valence-electron chi connectivity index (χ0n) is 15.6. The van der Waals surface area contributed by atoms with Crippen molar-refractivity contribution in [1.29, 1.82) is 0 Å². The smallest absolute Gasteiger partial charge is 0.251 e. The average Bonchev–Trinajstić information content (AvgIpc) is 3.05. The predicted octanol–water partition coefficient (Wildman–Crippen LogP) is 3.70. The Balaban J connectivity index is 1.94. The maximum absolute atomic E-state index is 12.4. The van der Waals surface area contributed by atoms with Crippen LogP contribution in [-0.4, -0.2) is 43.5 Å². The summed E-state index contributed by atoms with van der Waals surface area (Å²) in [5, 5.41) is 2.66. The van der Waals surface area contributed by atoms with Crippen molar-refractivity contribution in [3.05, 3.63) is 44.6 Å². The highest BCUT2D eigenvalue weighted by Gasteiger charge is 2.15. The fraction of sp³-hybridized carbons (Fsp3) is 0.368. The Bertz CT molecular complexity index is 794. The number of hydrogen-bond acceptors (Lipinski definition) is 5. The first-order valence-corrected chi connectivity index (χ1v) is 10.2. The number of halogens is 1. The molecule has 1 heterocycles. The largest absolute Gasteiger partial charge is 0.490 e. The minimum absolute atomic E-state index is 0.0704. The molecule has 2 amide bonds. The van der Waals surface area contributed by atoms with Crippen LogP contribution in [0.25, 0.3) is 0 Å². The number of carbonyl (C=O) groups is 2. The average molecular weight is 455 g/mol. The van der Waals surface area contributed by atoms with Gasteiger partial charge < -0.3 is 19.7 Å². The molecule has 0 bridgehead atoms. The van der Waals surface area contributed by atoms with Gasteiger partial charge in [0, 0.05) is 17.5 Å². The number of rotatable bonds is 9. The van der Waals surface area contributed by atoms with Gasteiger partial charge in [-0.25, -0.2) is 0 Å². The lowest BCUT2D eigenvalue weighted by molar-refractivity contribution is -0.129. The number of thiophene rings is 1. The van der Waals surface area contributed by atoms with Crippen LogP contribution in [0, 0.1) is 0 Å². The molecular formula is C19H23BrN2O4S. The maximum atomic E-state index is 12.4. The van der Waals surface area contributed by atoms with E-state index in [1.807, 2.05) is 26.0 Å². The molecule has 0 radical (unpaired) electrons. The van der Waals surface area contributed by atoms with Crippen molar-refractivity contribution in [1.82, 2.24) is 10.2 Å². The first-order chi connectivity index (χ1) is 12.9. The van der Waals surface area contributed by atoms with E-state index < -0.39 is 0 Å². The normalized spacial score (nSPS) is 10.4. The summed E-state index contributed by atoms with van der Waals surface area (Å²) in [5.74, 6) is 0.607. The number of nitrogens with one attached hydrogen (secondary N) is 1. The van der Waals surface area contributed by atoms with Crippen molar-refractivity contribution in [2.75, 3.05) is 26.8 Å². The molecule has 0 aliphatic carbocycles. The van der Waals surface area contributed by atoms with E-state index in [9.17, 15) is 9.59 Å². The van der Waals surface area contributed by atoms with Crippen molar-refractivity contribution in [3.63, 3.8) is 0 Å². The number of nitrogens with zero attached hydrogens (tertiary/aromatic N) is 1. The third kappa shape index (κ3) is 6.25. The Morgan fingerprint density at radius 3 is 2.44 bits per heavy atom. The van der Waals surface area contributed by atoms with Crippen LogP contribution in [0.3, 0.4) is 0 Å². The Morgan fingerprint density at radius 2 is 1.81 bits per heavy atom. The number of ether oxygens (including phenoxy) is 2. The van der Waals surface area contributed by atoms with Crippen LogP contribution in [0.2, 0.25) is 0 Å². The Labute approximate surface area is 171 Å². The highest BCUT2D eigenvalue weighted by Crippen LogP contribution is 2.28. The van der Waals surface area contributed by atoms with E-state index in [0.29, 0.717) is 36.8 Å². The number of likely N-dealkylation sites (N-methyl/N-ethyl adjacent to an activating group) is 1. The van der Waals surface area contributed by atoms with Gasteiger partial charge >= 0.3 is 0 Å². The van der Waals surface area contributed by atoms with Gasteiger partial charge in [0.25, 0.3) is 5.91 Å². The fourth-order valence-electron chi connectivity index (χ4n) is 2.34. The molecule has 0 saturated carbocycles. The third-order valence-corrected chi connectivity index (χ3v) is 5.26. The van der Waals surface area contributed by atoms with Crippen LogP contribution in [0.1, 0.15) is 29.1 Å². The molecule has 8 heteroatoms. The standard InChI is InChI=1S/C19H23BrN2O4S/c1-4-25-15-8-6-13(10-16(15)26-5-2)19(24)21-11-18(23)22(3)12-14-7-9-17(20)27-14/h6-10H,4-5,11-12H2,1-3H3,(H,21,24). The molecular weight excluding hydrogens is 432 g/mol. The van der Waals surface area contributed by atoms with Crippen LogP contribution in [0.4, 0.5) is 0 Å². The van der Waals surface area contributed by atoms with Crippen molar-refractivity contribution >= 4 is 39.1 Å². The van der Waals surface area contributed by atoms with Crippen molar-refractivity contribution in [2.24, 2.45) is 0 Å². The van der Waals surface area contributed by atoms with Gasteiger partial charge in [0.15, 0.2) is 11.5 Å². The molecule has 0 aliphatic heterocycles. The summed E-state index contributed by atoms with van der Waals surface area (Å²) in [5.41, 5.74) is 0.416. The van der Waals surface area contributed by atoms with Gasteiger partial charge in [-0.1, -0.05) is 0 Å². The van der Waals surface area contributed by atoms with E-state index in [4.69, 9.17) is 9.47 Å². The lowest BCUT2D eigenvalue weighted by atomic mass is 10.2. The molecule has 2 rings (SSSR count). The molecule has 6 nitrogen and oxygen atoms in total. The molecule has 2 aromatic rings. The van der Waals surface area contributed by atoms with E-state index in [1.165, 1.54) is 0 Å². The van der Waals surface area contributed by atoms with E-state index in [2.05, 4.69) is 21.2 Å². The zero-order valence-corrected chi connectivity index (χ0v) is 18.0. The Morgan fingerprint density at radius 1 is 1.11 bits per heavy atom. The topological polar surface area (TPSA) is 67.9 Å². The first kappa shape index (κ1) is 21.2. The Hall–Kier alpha value is -2.06. The molecule has 146 valence electrons. The van der Waals surface area contributed by atoms with Crippen LogP contribution in [0.15, 0.2) is 34.1 Å². The zero-order chi connectivity index (χ0) is 19.8. The maximum Gasteiger partial charge on any atom is 0.251 e. The summed E-state index contributed by atoms with van der Waals surface area (Å²) in [6.07, 6.45) is 0. The van der Waals surface area contributed by atoms with Crippen LogP contribution in [0.5, 0.6) is 11.5 Å². The molecule has 0 atom stereocenters. The van der Waals surface area contributed by atoms with Crippen LogP contribution < -0.4 is 14.8 Å². The van der Waals surface area contributed by atoms with E-state index >= 15 is 0 Å². The summed E-state index contributed by atoms with van der Waals surface area (Å²) in [6.45, 7) is 5.15. The van der Waals surface area contributed by atoms with Gasteiger partial charge in [-0.3, -0.25) is 9.59 Å². The van der Waals surface area contributed by atoms with E-state index in [-0.39, 0.29) is 18.4 Å². The monoisotopic (exact) mass is 454 g/mol. The molecule has 0 spiro atoms. The van der Waals surface area contributed by atoms with Gasteiger partial charge in [0.05, 0.1) is 30.1 Å². The molecule has 1 N–H and O–H groups in total. The second-order valence-electron chi connectivity index (χ2n) is 5.67. The minimum atomic E-state index is -0.334. The fourth-order valence-corrected chi connectivity index (χ4v) is 3.88. The second kappa shape index (κ2) is 10.3. The van der Waals surface area contributed by atoms with Crippen molar-refractivity contribution in [2.45, 2.75) is 20.4 Å². The highest BCUT2D eigenvalue weighted by atomic mass is 79.9. The van der Waals surface area contributed by atoms with Gasteiger partial charge in [0.2, 0.25) is 5.91 Å². The molecule has 1 aromatic heterocycles. The van der Waals surface area contributed by atoms with Crippen LogP contribution >= 0.6 is 27.3 Å². The molecule has 0 saturated heterocycles. The number of hydrogen-bond donors (Lipinski definition) is 1. The van der Waals surface area contributed by atoms with Gasteiger partial charge in [0.1, 0.15) is 0 Å². The molecule has 27 heavy (non-hydrogen) atoms. The third-order valence-electron chi connectivity index (χ3n) is 3.65. The van der Waals surface area contributed by atoms with Gasteiger partial charge in [-0.15, -0.1) is 11.3 Å². The highest BCUT2D eigenvalue weighted by molar-refractivity contribution is 9.11. The Kier molecular flexibility index (Phi) is 8.12. The number of amides is 2. The summed E-state index contributed by atoms with van der Waals surface area (Å²) < 4.78 is 12.0. The number of carbonyl (C=O) groups excluding carboxylic acids is 2. The van der Waals surface area contributed by atoms with E-state index in [1.54, 1.807) is 41.5 Å². The predicted molar refractivity (Wildman–Crippen MR) is 110 cm³/mol. The lowest BCUT2D eigenvalue weighted by Gasteiger charge is -2.17. The molecule has 0 fully saturated rings. The summed E-state index contributed by atoms with van der Waals surface area (Å²) >= 11 is 4.98. The van der Waals surface area contributed by atoms with Crippen LogP contribution in [-0.2, 0) is 11.3 Å². The second-order valence-corrected chi connectivity index (χ2v) is 8.21. The summed E-state index contributed by atoms with van der Waals surface area (Å²) in [7, 11) is 1.71. The van der Waals surface area contributed by atoms with Crippen molar-refractivity contribution < 1.29 is 19.1 Å². The minimum Gasteiger partial charge on any atom is -0.490 e. The SMILES string of the molecule is CCOc1ccc(C(=O)NCC(=O)N(C)Cc2ccc(Br)s2)cc1OCC. The van der Waals surface area contributed by atoms with E-state index in [0.717, 1.165) is 8.66 Å². The molecule has 0 aliphatic rings. The van der Waals surface area contributed by atoms with Crippen molar-refractivity contribution in [3.8, 4) is 11.5 Å². The van der Waals surface area contributed by atoms with Gasteiger partial charge in [-0.2, -0.15) is 0 Å². The molecule has 1 aromatic carbocycles. The van der Waals surface area contributed by atoms with Gasteiger partial charge in [-0.05, 0) is 60.1 Å². The lowest BCUT2D eigenvalue weighted by Crippen LogP contribution is -2.37. The first-order valence-electron chi connectivity index (χ1n) is 8.60.